The topological polar surface area (TPSA) is 180 Å². The van der Waals surface area contributed by atoms with Crippen LogP contribution in [0.15, 0.2) is 122 Å². The largest absolute Gasteiger partial charge is 0.469 e. The summed E-state index contributed by atoms with van der Waals surface area (Å²) in [5.41, 5.74) is 0. The lowest BCUT2D eigenvalue weighted by molar-refractivity contribution is -0.161. The first-order chi connectivity index (χ1) is 27.5. The molecule has 57 heavy (non-hydrogen) atoms. The van der Waals surface area contributed by atoms with Gasteiger partial charge in [-0.1, -0.05) is 155 Å². The zero-order chi connectivity index (χ0) is 42.2. The van der Waals surface area contributed by atoms with E-state index in [1.54, 1.807) is 42.5 Å². The average molecular weight is 817 g/mol. The van der Waals surface area contributed by atoms with Crippen molar-refractivity contribution < 1.29 is 53.3 Å². The maximum absolute atomic E-state index is 12.4. The summed E-state index contributed by atoms with van der Waals surface area (Å²) in [4.78, 5) is 42.8. The van der Waals surface area contributed by atoms with Crippen LogP contribution in [0.5, 0.6) is 0 Å². The number of ether oxygens (including phenoxy) is 2. The number of carbonyl (C=O) groups excluding carboxylic acids is 2. The number of carbonyl (C=O) groups is 2. The van der Waals surface area contributed by atoms with E-state index < -0.39 is 57.4 Å². The highest BCUT2D eigenvalue weighted by atomic mass is 31.2. The van der Waals surface area contributed by atoms with Crippen LogP contribution in [-0.2, 0) is 28.2 Å². The lowest BCUT2D eigenvalue weighted by atomic mass is 10.1. The Morgan fingerprint density at radius 1 is 0.596 bits per heavy atom. The summed E-state index contributed by atoms with van der Waals surface area (Å²) in [5.74, 6) is -1.33. The highest BCUT2D eigenvalue weighted by Crippen LogP contribution is 2.36. The van der Waals surface area contributed by atoms with Crippen molar-refractivity contribution in [1.29, 1.82) is 0 Å². The molecule has 0 aromatic carbocycles. The summed E-state index contributed by atoms with van der Waals surface area (Å²) < 4.78 is 26.1. The molecule has 0 amide bonds. The van der Waals surface area contributed by atoms with Crippen LogP contribution >= 0.6 is 7.82 Å². The fraction of sp³-hybridized carbons (Fsp3) is 0.511. The summed E-state index contributed by atoms with van der Waals surface area (Å²) >= 11 is 0. The normalized spacial score (nSPS) is 15.4. The molecule has 0 fully saturated rings. The Morgan fingerprint density at radius 3 is 1.67 bits per heavy atom. The fourth-order valence-electron chi connectivity index (χ4n) is 4.72. The van der Waals surface area contributed by atoms with Crippen LogP contribution in [0, 0.1) is 0 Å². The number of phosphoric ester groups is 1. The number of rotatable bonds is 34. The van der Waals surface area contributed by atoms with E-state index in [9.17, 15) is 29.5 Å². The molecule has 0 aliphatic carbocycles. The molecule has 0 rings (SSSR count). The molecule has 0 heterocycles. The third-order valence-corrected chi connectivity index (χ3v) is 8.33. The third kappa shape index (κ3) is 39.0. The molecule has 11 nitrogen and oxygen atoms in total. The molecule has 0 radical (unpaired) electrons. The smallest absolute Gasteiger partial charge is 0.462 e. The molecule has 0 saturated heterocycles. The molecule has 0 aromatic heterocycles. The SMILES string of the molecule is CC/C=C\C/C=C\C/C=C\C/C=C\C/C=C\C/C=C\CCC(=O)OC[C@H](COP(=O)(O)O)OC(=O)CCC[C@H](O)[C@@H](O)/C=C/C=C/C=C\C=C\[C@@H](O)CCCCC. The van der Waals surface area contributed by atoms with E-state index >= 15 is 0 Å². The summed E-state index contributed by atoms with van der Waals surface area (Å²) in [6.45, 7) is 3.09. The first kappa shape index (κ1) is 53.3. The van der Waals surface area contributed by atoms with Crippen LogP contribution in [0.3, 0.4) is 0 Å². The van der Waals surface area contributed by atoms with Gasteiger partial charge in [0.1, 0.15) is 6.61 Å². The molecule has 5 N–H and O–H groups in total. The molecule has 0 saturated carbocycles. The first-order valence-electron chi connectivity index (χ1n) is 20.2. The zero-order valence-electron chi connectivity index (χ0n) is 34.0. The first-order valence-corrected chi connectivity index (χ1v) is 21.7. The summed E-state index contributed by atoms with van der Waals surface area (Å²) in [5, 5.41) is 30.3. The van der Waals surface area contributed by atoms with Gasteiger partial charge in [-0.25, -0.2) is 4.57 Å². The fourth-order valence-corrected chi connectivity index (χ4v) is 5.08. The van der Waals surface area contributed by atoms with Gasteiger partial charge in [-0.2, -0.15) is 0 Å². The summed E-state index contributed by atoms with van der Waals surface area (Å²) in [7, 11) is -4.88. The second-order valence-electron chi connectivity index (χ2n) is 13.1. The van der Waals surface area contributed by atoms with E-state index in [1.807, 2.05) is 18.2 Å². The zero-order valence-corrected chi connectivity index (χ0v) is 34.9. The van der Waals surface area contributed by atoms with Gasteiger partial charge in [0.05, 0.1) is 24.9 Å². The van der Waals surface area contributed by atoms with Gasteiger partial charge < -0.3 is 34.6 Å². The highest BCUT2D eigenvalue weighted by Gasteiger charge is 2.23. The molecular weight excluding hydrogens is 747 g/mol. The van der Waals surface area contributed by atoms with Crippen LogP contribution < -0.4 is 0 Å². The molecule has 4 atom stereocenters. The van der Waals surface area contributed by atoms with Crippen LogP contribution in [0.25, 0.3) is 0 Å². The Bertz CT molecular complexity index is 1380. The molecule has 0 bridgehead atoms. The minimum absolute atomic E-state index is 0.0605. The number of unbranched alkanes of at least 4 members (excludes halogenated alkanes) is 2. The molecule has 0 spiro atoms. The quantitative estimate of drug-likeness (QED) is 0.0137. The standard InChI is InChI=1S/C45H69O11P/c1-3-5-7-8-9-10-11-12-13-14-15-16-17-18-19-20-21-26-30-36-44(49)54-38-41(39-55-57(51,52)53)56-45(50)37-31-35-43(48)42(47)34-29-25-23-22-24-28-33-40(46)32-27-6-4-2/h5,7,9-10,12-13,15-16,18-19,21-26,28-29,33-34,40-43,46-48H,3-4,6,8,11,14,17,20,27,30-32,35-39H2,1-2H3,(H2,51,52,53)/b7-5-,10-9-,13-12-,16-15-,19-18-,24-22-,25-23+,26-21-,33-28+,34-29+/t40-,41+,42-,43-/m0/s1. The number of hydrogen-bond donors (Lipinski definition) is 5. The van der Waals surface area contributed by atoms with Crippen molar-refractivity contribution in [2.75, 3.05) is 13.2 Å². The number of esters is 2. The van der Waals surface area contributed by atoms with Crippen molar-refractivity contribution in [3.05, 3.63) is 122 Å². The van der Waals surface area contributed by atoms with E-state index in [0.29, 0.717) is 12.8 Å². The Labute approximate surface area is 341 Å². The summed E-state index contributed by atoms with van der Waals surface area (Å²) in [6.07, 6.45) is 44.4. The predicted octanol–water partition coefficient (Wildman–Crippen LogP) is 9.09. The van der Waals surface area contributed by atoms with Crippen LogP contribution in [0.2, 0.25) is 0 Å². The molecule has 0 aliphatic heterocycles. The van der Waals surface area contributed by atoms with Gasteiger partial charge >= 0.3 is 19.8 Å². The molecule has 12 heteroatoms. The van der Waals surface area contributed by atoms with Crippen LogP contribution in [0.1, 0.15) is 110 Å². The average Bonchev–Trinajstić information content (AvgIpc) is 3.17. The van der Waals surface area contributed by atoms with Crippen molar-refractivity contribution in [2.24, 2.45) is 0 Å². The van der Waals surface area contributed by atoms with Crippen molar-refractivity contribution in [2.45, 2.75) is 135 Å². The monoisotopic (exact) mass is 816 g/mol. The summed E-state index contributed by atoms with van der Waals surface area (Å²) in [6, 6.07) is 0. The minimum Gasteiger partial charge on any atom is -0.462 e. The number of aliphatic hydroxyl groups excluding tert-OH is 3. The van der Waals surface area contributed by atoms with Crippen molar-refractivity contribution >= 4 is 19.8 Å². The predicted molar refractivity (Wildman–Crippen MR) is 229 cm³/mol. The minimum atomic E-state index is -4.88. The molecule has 0 aromatic rings. The van der Waals surface area contributed by atoms with E-state index in [4.69, 9.17) is 19.3 Å². The Hall–Kier alpha value is -3.67. The van der Waals surface area contributed by atoms with Crippen molar-refractivity contribution in [1.82, 2.24) is 0 Å². The highest BCUT2D eigenvalue weighted by molar-refractivity contribution is 7.46. The second kappa shape index (κ2) is 37.9. The second-order valence-corrected chi connectivity index (χ2v) is 14.3. The molecular formula is C45H69O11P. The Balaban J connectivity index is 4.43. The van der Waals surface area contributed by atoms with E-state index in [2.05, 4.69) is 73.1 Å². The van der Waals surface area contributed by atoms with Gasteiger partial charge in [0.2, 0.25) is 0 Å². The van der Waals surface area contributed by atoms with Gasteiger partial charge in [-0.05, 0) is 64.2 Å². The number of allylic oxidation sites excluding steroid dienone is 18. The molecule has 320 valence electrons. The van der Waals surface area contributed by atoms with E-state index in [-0.39, 0.29) is 25.7 Å². The maximum Gasteiger partial charge on any atom is 0.469 e. The lowest BCUT2D eigenvalue weighted by Crippen LogP contribution is -2.29. The number of hydrogen-bond acceptors (Lipinski definition) is 9. The van der Waals surface area contributed by atoms with Gasteiger partial charge in [-0.15, -0.1) is 0 Å². The maximum atomic E-state index is 12.4. The van der Waals surface area contributed by atoms with E-state index in [0.717, 1.165) is 57.8 Å². The van der Waals surface area contributed by atoms with Crippen molar-refractivity contribution in [3.63, 3.8) is 0 Å². The molecule has 0 aliphatic rings. The molecule has 0 unspecified atom stereocenters. The number of phosphoric acid groups is 1. The van der Waals surface area contributed by atoms with Crippen LogP contribution in [-0.4, -0.2) is 74.7 Å². The van der Waals surface area contributed by atoms with E-state index in [1.165, 1.54) is 6.08 Å². The third-order valence-electron chi connectivity index (χ3n) is 7.84. The Morgan fingerprint density at radius 2 is 1.12 bits per heavy atom. The van der Waals surface area contributed by atoms with Gasteiger partial charge in [-0.3, -0.25) is 14.1 Å². The van der Waals surface area contributed by atoms with Gasteiger partial charge in [0.25, 0.3) is 0 Å². The van der Waals surface area contributed by atoms with Gasteiger partial charge in [0.15, 0.2) is 6.10 Å². The van der Waals surface area contributed by atoms with Crippen molar-refractivity contribution in [3.8, 4) is 0 Å². The lowest BCUT2D eigenvalue weighted by Gasteiger charge is -2.19. The Kier molecular flexibility index (Phi) is 35.4. The van der Waals surface area contributed by atoms with Gasteiger partial charge in [0, 0.05) is 12.8 Å². The van der Waals surface area contributed by atoms with Crippen LogP contribution in [0.4, 0.5) is 0 Å². The number of aliphatic hydroxyl groups is 3.